The lowest BCUT2D eigenvalue weighted by Gasteiger charge is -2.28. The fourth-order valence-electron chi connectivity index (χ4n) is 4.86. The molecule has 2 saturated carbocycles. The molecule has 1 N–H and O–H groups in total. The number of fused-ring (bicyclic) bond motifs is 5. The molecule has 2 bridgehead atoms. The Kier molecular flexibility index (Phi) is 2.87. The third-order valence-corrected chi connectivity index (χ3v) is 5.96. The largest absolute Gasteiger partial charge is 0.450 e. The molecule has 2 aliphatic carbocycles. The van der Waals surface area contributed by atoms with Gasteiger partial charge in [0.2, 0.25) is 0 Å². The minimum atomic E-state index is 0.427. The summed E-state index contributed by atoms with van der Waals surface area (Å²) in [6.45, 7) is 2.29. The highest BCUT2D eigenvalue weighted by Gasteiger charge is 2.42. The fraction of sp³-hybridized carbons (Fsp3) is 0.474. The molecular formula is C19H21N3O. The number of hydrogen-bond acceptors (Lipinski definition) is 4. The quantitative estimate of drug-likeness (QED) is 0.767. The second-order valence-corrected chi connectivity index (χ2v) is 7.27. The van der Waals surface area contributed by atoms with Crippen LogP contribution in [-0.4, -0.2) is 16.0 Å². The third kappa shape index (κ3) is 2.04. The van der Waals surface area contributed by atoms with E-state index in [1.54, 1.807) is 6.33 Å². The van der Waals surface area contributed by atoms with Gasteiger partial charge >= 0.3 is 0 Å². The van der Waals surface area contributed by atoms with Gasteiger partial charge in [0.05, 0.1) is 0 Å². The number of benzene rings is 1. The molecule has 0 radical (unpaired) electrons. The van der Waals surface area contributed by atoms with E-state index in [0.717, 1.165) is 45.6 Å². The van der Waals surface area contributed by atoms with Gasteiger partial charge in [-0.25, -0.2) is 9.97 Å². The molecule has 2 aromatic heterocycles. The maximum atomic E-state index is 6.02. The van der Waals surface area contributed by atoms with Crippen LogP contribution >= 0.6 is 0 Å². The summed E-state index contributed by atoms with van der Waals surface area (Å²) in [5, 5.41) is 4.68. The van der Waals surface area contributed by atoms with Crippen LogP contribution in [0.25, 0.3) is 22.1 Å². The summed E-state index contributed by atoms with van der Waals surface area (Å²) in [6, 6.07) is 8.47. The predicted molar refractivity (Wildman–Crippen MR) is 91.3 cm³/mol. The third-order valence-electron chi connectivity index (χ3n) is 5.96. The molecule has 23 heavy (non-hydrogen) atoms. The number of hydrogen-bond donors (Lipinski definition) is 1. The van der Waals surface area contributed by atoms with Crippen LogP contribution in [0, 0.1) is 17.8 Å². The monoisotopic (exact) mass is 307 g/mol. The van der Waals surface area contributed by atoms with Gasteiger partial charge in [0.15, 0.2) is 11.4 Å². The Morgan fingerprint density at radius 1 is 1.17 bits per heavy atom. The Morgan fingerprint density at radius 2 is 2.09 bits per heavy atom. The van der Waals surface area contributed by atoms with Crippen LogP contribution in [-0.2, 0) is 0 Å². The van der Waals surface area contributed by atoms with Crippen molar-refractivity contribution in [3.63, 3.8) is 0 Å². The zero-order valence-electron chi connectivity index (χ0n) is 13.3. The molecule has 4 unspecified atom stereocenters. The van der Waals surface area contributed by atoms with Gasteiger partial charge in [-0.1, -0.05) is 18.6 Å². The summed E-state index contributed by atoms with van der Waals surface area (Å²) in [6.07, 6.45) is 7.29. The van der Waals surface area contributed by atoms with E-state index in [1.165, 1.54) is 25.7 Å². The van der Waals surface area contributed by atoms with Crippen LogP contribution < -0.4 is 5.32 Å². The van der Waals surface area contributed by atoms with Crippen LogP contribution in [0.15, 0.2) is 35.0 Å². The van der Waals surface area contributed by atoms with Crippen LogP contribution in [0.4, 0.5) is 5.82 Å². The molecule has 2 heterocycles. The van der Waals surface area contributed by atoms with Crippen molar-refractivity contribution in [2.75, 3.05) is 5.32 Å². The van der Waals surface area contributed by atoms with Crippen molar-refractivity contribution in [3.05, 3.63) is 30.6 Å². The first-order valence-corrected chi connectivity index (χ1v) is 8.68. The summed E-state index contributed by atoms with van der Waals surface area (Å²) in [7, 11) is 0. The number of nitrogens with zero attached hydrogens (tertiary/aromatic N) is 2. The first-order chi connectivity index (χ1) is 11.3. The highest BCUT2D eigenvalue weighted by Crippen LogP contribution is 2.50. The topological polar surface area (TPSA) is 51.0 Å². The van der Waals surface area contributed by atoms with Crippen molar-refractivity contribution < 1.29 is 4.42 Å². The number of nitrogens with one attached hydrogen (secondary N) is 1. The van der Waals surface area contributed by atoms with E-state index in [0.29, 0.717) is 6.04 Å². The van der Waals surface area contributed by atoms with Crippen molar-refractivity contribution in [1.29, 1.82) is 0 Å². The summed E-state index contributed by atoms with van der Waals surface area (Å²) in [5.74, 6) is 3.46. The molecule has 3 aromatic rings. The van der Waals surface area contributed by atoms with Gasteiger partial charge in [0.1, 0.15) is 17.4 Å². The van der Waals surface area contributed by atoms with Crippen LogP contribution in [0.2, 0.25) is 0 Å². The number of aromatic nitrogens is 2. The summed E-state index contributed by atoms with van der Waals surface area (Å²) < 4.78 is 6.02. The normalized spacial score (nSPS) is 27.8. The van der Waals surface area contributed by atoms with Crippen molar-refractivity contribution in [3.8, 4) is 0 Å². The molecule has 0 saturated heterocycles. The molecule has 2 aliphatic rings. The molecule has 4 atom stereocenters. The minimum absolute atomic E-state index is 0.427. The molecule has 2 fully saturated rings. The van der Waals surface area contributed by atoms with E-state index in [2.05, 4.69) is 28.3 Å². The summed E-state index contributed by atoms with van der Waals surface area (Å²) in [4.78, 5) is 8.89. The molecule has 4 heteroatoms. The maximum Gasteiger partial charge on any atom is 0.196 e. The Bertz CT molecular complexity index is 871. The van der Waals surface area contributed by atoms with Gasteiger partial charge in [-0.2, -0.15) is 0 Å². The van der Waals surface area contributed by atoms with Crippen molar-refractivity contribution in [2.45, 2.75) is 38.6 Å². The number of furan rings is 1. The van der Waals surface area contributed by atoms with Crippen molar-refractivity contribution in [2.24, 2.45) is 17.8 Å². The Hall–Kier alpha value is -2.10. The first-order valence-electron chi connectivity index (χ1n) is 8.68. The molecule has 5 rings (SSSR count). The standard InChI is InChI=1S/C19H21N3O/c1-11(15-9-12-6-7-13(15)8-12)22-19-18-17(20-10-21-19)14-4-2-3-5-16(14)23-18/h2-5,10-13,15H,6-9H2,1H3,(H,20,21,22). The number of rotatable bonds is 3. The van der Waals surface area contributed by atoms with Crippen LogP contribution in [0.1, 0.15) is 32.6 Å². The van der Waals surface area contributed by atoms with Gasteiger partial charge in [-0.3, -0.25) is 0 Å². The van der Waals surface area contributed by atoms with Gasteiger partial charge in [0.25, 0.3) is 0 Å². The van der Waals surface area contributed by atoms with E-state index in [4.69, 9.17) is 4.42 Å². The Labute approximate surface area is 135 Å². The number of anilines is 1. The molecule has 118 valence electrons. The molecule has 1 aromatic carbocycles. The van der Waals surface area contributed by atoms with Gasteiger partial charge in [0, 0.05) is 11.4 Å². The predicted octanol–water partition coefficient (Wildman–Crippen LogP) is 4.61. The lowest BCUT2D eigenvalue weighted by atomic mass is 9.84. The van der Waals surface area contributed by atoms with Gasteiger partial charge < -0.3 is 9.73 Å². The van der Waals surface area contributed by atoms with Gasteiger partial charge in [-0.05, 0) is 56.1 Å². The fourth-order valence-corrected chi connectivity index (χ4v) is 4.86. The van der Waals surface area contributed by atoms with E-state index in [9.17, 15) is 0 Å². The second kappa shape index (κ2) is 4.95. The average Bonchev–Trinajstić information content (AvgIpc) is 3.28. The molecule has 4 nitrogen and oxygen atoms in total. The summed E-state index contributed by atoms with van der Waals surface area (Å²) in [5.41, 5.74) is 2.56. The SMILES string of the molecule is CC(Nc1ncnc2c1oc1ccccc12)C1CC2CCC1C2. The second-order valence-electron chi connectivity index (χ2n) is 7.27. The van der Waals surface area contributed by atoms with E-state index in [1.807, 2.05) is 18.2 Å². The summed E-state index contributed by atoms with van der Waals surface area (Å²) >= 11 is 0. The molecule has 0 aliphatic heterocycles. The van der Waals surface area contributed by atoms with Crippen LogP contribution in [0.5, 0.6) is 0 Å². The number of para-hydroxylation sites is 1. The maximum absolute atomic E-state index is 6.02. The van der Waals surface area contributed by atoms with E-state index < -0.39 is 0 Å². The van der Waals surface area contributed by atoms with E-state index >= 15 is 0 Å². The zero-order chi connectivity index (χ0) is 15.4. The highest BCUT2D eigenvalue weighted by atomic mass is 16.3. The van der Waals surface area contributed by atoms with Gasteiger partial charge in [-0.15, -0.1) is 0 Å². The average molecular weight is 307 g/mol. The van der Waals surface area contributed by atoms with E-state index in [-0.39, 0.29) is 0 Å². The molecular weight excluding hydrogens is 286 g/mol. The van der Waals surface area contributed by atoms with Crippen LogP contribution in [0.3, 0.4) is 0 Å². The molecule has 0 amide bonds. The Balaban J connectivity index is 1.50. The van der Waals surface area contributed by atoms with Crippen molar-refractivity contribution >= 4 is 27.9 Å². The molecule has 0 spiro atoms. The van der Waals surface area contributed by atoms with Crippen molar-refractivity contribution in [1.82, 2.24) is 9.97 Å². The highest BCUT2D eigenvalue weighted by molar-refractivity contribution is 6.05. The minimum Gasteiger partial charge on any atom is -0.450 e. The zero-order valence-corrected chi connectivity index (χ0v) is 13.3. The lowest BCUT2D eigenvalue weighted by Crippen LogP contribution is -2.30. The smallest absolute Gasteiger partial charge is 0.196 e. The first kappa shape index (κ1) is 13.3. The Morgan fingerprint density at radius 3 is 2.91 bits per heavy atom. The lowest BCUT2D eigenvalue weighted by molar-refractivity contribution is 0.304.